The Morgan fingerprint density at radius 2 is 1.92 bits per heavy atom. The number of thiocarbonyl (C=S) groups is 1. The number of carbonyl (C=O) groups is 2. The molecule has 0 aliphatic carbocycles. The summed E-state index contributed by atoms with van der Waals surface area (Å²) in [6, 6.07) is 15.9. The molecule has 3 rings (SSSR count). The zero-order valence-electron chi connectivity index (χ0n) is 13.4. The van der Waals surface area contributed by atoms with E-state index in [1.54, 1.807) is 55.6 Å². The number of nitrogens with zero attached hydrogens (tertiary/aromatic N) is 2. The van der Waals surface area contributed by atoms with Crippen LogP contribution < -0.4 is 15.0 Å². The standard InChI is InChI=1S/C18H15N3O3S/c1-24-14-9-5-6-12(10-14)19-11-15-16(22)20-18(25)21(17(15)23)13-7-3-2-4-8-13/h2-11,15H,1H3,(H,20,22,25)/t15-/m1/s1. The highest BCUT2D eigenvalue weighted by Gasteiger charge is 2.38. The van der Waals surface area contributed by atoms with Crippen LogP contribution in [0.5, 0.6) is 5.75 Å². The molecule has 0 unspecified atom stereocenters. The number of hydrogen-bond acceptors (Lipinski definition) is 5. The highest BCUT2D eigenvalue weighted by molar-refractivity contribution is 7.80. The lowest BCUT2D eigenvalue weighted by molar-refractivity contribution is -0.130. The van der Waals surface area contributed by atoms with Crippen LogP contribution in [0, 0.1) is 5.92 Å². The summed E-state index contributed by atoms with van der Waals surface area (Å²) in [6.07, 6.45) is 1.32. The molecule has 1 atom stereocenters. The average Bonchev–Trinajstić information content (AvgIpc) is 2.62. The number of benzene rings is 2. The number of hydrogen-bond donors (Lipinski definition) is 1. The van der Waals surface area contributed by atoms with Gasteiger partial charge in [-0.15, -0.1) is 0 Å². The molecule has 0 saturated carbocycles. The van der Waals surface area contributed by atoms with Gasteiger partial charge in [0, 0.05) is 12.3 Å². The topological polar surface area (TPSA) is 71.0 Å². The molecule has 7 heteroatoms. The maximum absolute atomic E-state index is 12.8. The molecular weight excluding hydrogens is 338 g/mol. The van der Waals surface area contributed by atoms with Crippen LogP contribution in [0.1, 0.15) is 0 Å². The molecule has 1 aliphatic heterocycles. The molecule has 1 saturated heterocycles. The van der Waals surface area contributed by atoms with Gasteiger partial charge in [0.1, 0.15) is 5.75 Å². The quantitative estimate of drug-likeness (QED) is 0.521. The molecular formula is C18H15N3O3S. The number of anilines is 1. The van der Waals surface area contributed by atoms with E-state index in [0.29, 0.717) is 17.1 Å². The molecule has 2 amide bonds. The molecule has 126 valence electrons. The summed E-state index contributed by atoms with van der Waals surface area (Å²) < 4.78 is 5.13. The number of aliphatic imine (C=N–C) groups is 1. The molecule has 2 aromatic rings. The fourth-order valence-corrected chi connectivity index (χ4v) is 2.69. The zero-order valence-corrected chi connectivity index (χ0v) is 14.2. The van der Waals surface area contributed by atoms with Gasteiger partial charge in [-0.2, -0.15) is 0 Å². The molecule has 0 aromatic heterocycles. The van der Waals surface area contributed by atoms with E-state index in [1.807, 2.05) is 6.07 Å². The van der Waals surface area contributed by atoms with Gasteiger partial charge in [0.15, 0.2) is 11.0 Å². The Kier molecular flexibility index (Phi) is 4.85. The highest BCUT2D eigenvalue weighted by Crippen LogP contribution is 2.22. The summed E-state index contributed by atoms with van der Waals surface area (Å²) >= 11 is 5.14. The van der Waals surface area contributed by atoms with Gasteiger partial charge in [-0.1, -0.05) is 24.3 Å². The van der Waals surface area contributed by atoms with Crippen molar-refractivity contribution in [3.8, 4) is 5.75 Å². The number of rotatable bonds is 4. The first-order valence-electron chi connectivity index (χ1n) is 7.52. The monoisotopic (exact) mass is 353 g/mol. The molecule has 0 spiro atoms. The van der Waals surface area contributed by atoms with Crippen LogP contribution in [0.25, 0.3) is 0 Å². The smallest absolute Gasteiger partial charge is 0.251 e. The van der Waals surface area contributed by atoms with E-state index in [4.69, 9.17) is 17.0 Å². The van der Waals surface area contributed by atoms with Crippen LogP contribution in [-0.4, -0.2) is 30.3 Å². The lowest BCUT2D eigenvalue weighted by Gasteiger charge is -2.30. The number of amides is 2. The Hall–Kier alpha value is -3.06. The summed E-state index contributed by atoms with van der Waals surface area (Å²) in [7, 11) is 1.56. The minimum absolute atomic E-state index is 0.0623. The van der Waals surface area contributed by atoms with Gasteiger partial charge in [0.2, 0.25) is 5.91 Å². The summed E-state index contributed by atoms with van der Waals surface area (Å²) in [5, 5.41) is 2.61. The van der Waals surface area contributed by atoms with Crippen molar-refractivity contribution >= 4 is 46.7 Å². The van der Waals surface area contributed by atoms with Gasteiger partial charge in [0.05, 0.1) is 18.5 Å². The lowest BCUT2D eigenvalue weighted by Crippen LogP contribution is -2.58. The predicted molar refractivity (Wildman–Crippen MR) is 99.3 cm³/mol. The summed E-state index contributed by atoms with van der Waals surface area (Å²) in [4.78, 5) is 30.5. The number of carbonyl (C=O) groups excluding carboxylic acids is 2. The van der Waals surface area contributed by atoms with E-state index in [-0.39, 0.29) is 5.11 Å². The first-order chi connectivity index (χ1) is 12.1. The fraction of sp³-hybridized carbons (Fsp3) is 0.111. The Balaban J connectivity index is 1.87. The Morgan fingerprint density at radius 1 is 1.16 bits per heavy atom. The van der Waals surface area contributed by atoms with Crippen molar-refractivity contribution in [3.05, 3.63) is 54.6 Å². The van der Waals surface area contributed by atoms with E-state index in [1.165, 1.54) is 11.1 Å². The molecule has 1 N–H and O–H groups in total. The normalized spacial score (nSPS) is 17.7. The number of methoxy groups -OCH3 is 1. The maximum atomic E-state index is 12.8. The van der Waals surface area contributed by atoms with Gasteiger partial charge in [-0.25, -0.2) is 0 Å². The van der Waals surface area contributed by atoms with Gasteiger partial charge in [-0.3, -0.25) is 19.5 Å². The summed E-state index contributed by atoms with van der Waals surface area (Å²) in [5.74, 6) is -1.35. The van der Waals surface area contributed by atoms with Crippen molar-refractivity contribution in [3.63, 3.8) is 0 Å². The van der Waals surface area contributed by atoms with Gasteiger partial charge < -0.3 is 10.1 Å². The summed E-state index contributed by atoms with van der Waals surface area (Å²) in [6.45, 7) is 0. The van der Waals surface area contributed by atoms with E-state index >= 15 is 0 Å². The zero-order chi connectivity index (χ0) is 17.8. The SMILES string of the molecule is COc1cccc(N=C[C@@H]2C(=O)NC(=S)N(c3ccccc3)C2=O)c1. The molecule has 0 radical (unpaired) electrons. The third-order valence-corrected chi connectivity index (χ3v) is 3.93. The minimum atomic E-state index is -1.06. The van der Waals surface area contributed by atoms with Crippen molar-refractivity contribution in [2.24, 2.45) is 10.9 Å². The second kappa shape index (κ2) is 7.23. The van der Waals surface area contributed by atoms with E-state index in [0.717, 1.165) is 0 Å². The van der Waals surface area contributed by atoms with E-state index in [9.17, 15) is 9.59 Å². The van der Waals surface area contributed by atoms with Crippen molar-refractivity contribution in [2.75, 3.05) is 12.0 Å². The predicted octanol–water partition coefficient (Wildman–Crippen LogP) is 2.46. The minimum Gasteiger partial charge on any atom is -0.497 e. The molecule has 1 aliphatic rings. The van der Waals surface area contributed by atoms with Crippen LogP contribution >= 0.6 is 12.2 Å². The Bertz CT molecular complexity index is 852. The van der Waals surface area contributed by atoms with Crippen LogP contribution in [0.3, 0.4) is 0 Å². The van der Waals surface area contributed by atoms with Crippen LogP contribution in [-0.2, 0) is 9.59 Å². The second-order valence-electron chi connectivity index (χ2n) is 5.26. The molecule has 25 heavy (non-hydrogen) atoms. The second-order valence-corrected chi connectivity index (χ2v) is 5.65. The number of nitrogens with one attached hydrogen (secondary N) is 1. The molecule has 1 fully saturated rings. The molecule has 2 aromatic carbocycles. The number of para-hydroxylation sites is 1. The third-order valence-electron chi connectivity index (χ3n) is 3.64. The van der Waals surface area contributed by atoms with Crippen LogP contribution in [0.4, 0.5) is 11.4 Å². The van der Waals surface area contributed by atoms with Gasteiger partial charge in [0.25, 0.3) is 5.91 Å². The highest BCUT2D eigenvalue weighted by atomic mass is 32.1. The van der Waals surface area contributed by atoms with Crippen molar-refractivity contribution in [2.45, 2.75) is 0 Å². The van der Waals surface area contributed by atoms with E-state index < -0.39 is 17.7 Å². The Labute approximate surface area is 150 Å². The molecule has 0 bridgehead atoms. The fourth-order valence-electron chi connectivity index (χ4n) is 2.39. The van der Waals surface area contributed by atoms with Crippen LogP contribution in [0.2, 0.25) is 0 Å². The summed E-state index contributed by atoms with van der Waals surface area (Å²) in [5.41, 5.74) is 1.18. The average molecular weight is 353 g/mol. The lowest BCUT2D eigenvalue weighted by atomic mass is 10.1. The Morgan fingerprint density at radius 3 is 2.64 bits per heavy atom. The largest absolute Gasteiger partial charge is 0.497 e. The molecule has 1 heterocycles. The van der Waals surface area contributed by atoms with Crippen molar-refractivity contribution < 1.29 is 14.3 Å². The van der Waals surface area contributed by atoms with Crippen molar-refractivity contribution in [1.29, 1.82) is 0 Å². The maximum Gasteiger partial charge on any atom is 0.251 e. The molecule has 6 nitrogen and oxygen atoms in total. The van der Waals surface area contributed by atoms with E-state index in [2.05, 4.69) is 10.3 Å². The first-order valence-corrected chi connectivity index (χ1v) is 7.93. The third kappa shape index (κ3) is 3.56. The van der Waals surface area contributed by atoms with Gasteiger partial charge >= 0.3 is 0 Å². The van der Waals surface area contributed by atoms with Gasteiger partial charge in [-0.05, 0) is 36.5 Å². The van der Waals surface area contributed by atoms with Crippen molar-refractivity contribution in [1.82, 2.24) is 5.32 Å². The number of ether oxygens (including phenoxy) is 1. The van der Waals surface area contributed by atoms with Crippen LogP contribution in [0.15, 0.2) is 59.6 Å². The first kappa shape index (κ1) is 16.8.